The van der Waals surface area contributed by atoms with Crippen molar-refractivity contribution in [2.45, 2.75) is 24.5 Å². The maximum absolute atomic E-state index is 10.8. The molecule has 1 fully saturated rings. The summed E-state index contributed by atoms with van der Waals surface area (Å²) in [6, 6.07) is -0.914. The minimum absolute atomic E-state index is 0.173. The monoisotopic (exact) mass is 346 g/mol. The maximum Gasteiger partial charge on any atom is 0.469 e. The van der Waals surface area contributed by atoms with E-state index in [2.05, 4.69) is 19.5 Å². The lowest BCUT2D eigenvalue weighted by atomic mass is 10.1. The number of nitrogen functional groups attached to an aromatic ring is 1. The first-order valence-electron chi connectivity index (χ1n) is 6.50. The number of rotatable bonds is 4. The largest absolute Gasteiger partial charge is 0.469 e. The van der Waals surface area contributed by atoms with Gasteiger partial charge in [0.1, 0.15) is 24.1 Å². The van der Waals surface area contributed by atoms with Crippen LogP contribution < -0.4 is 11.5 Å². The summed E-state index contributed by atoms with van der Waals surface area (Å²) < 4.78 is 22.1. The Morgan fingerprint density at radius 3 is 2.83 bits per heavy atom. The maximum atomic E-state index is 10.8. The van der Waals surface area contributed by atoms with E-state index in [0.29, 0.717) is 11.2 Å². The lowest BCUT2D eigenvalue weighted by Gasteiger charge is -2.16. The molecule has 0 saturated carbocycles. The lowest BCUT2D eigenvalue weighted by Crippen LogP contribution is -2.41. The normalized spacial score (nSPS) is 28.5. The second kappa shape index (κ2) is 5.76. The van der Waals surface area contributed by atoms with Gasteiger partial charge in [-0.1, -0.05) is 0 Å². The standard InChI is InChI=1S/C10H15N6O6P/c11-5-4(1-21-23(18,19)20)22-10(7(5)17)16-3-15-6-8(12)13-2-14-9(6)16/h2-5,7,10,17H,1,11H2,(H2,12,13,14)(H2,18,19,20)/t4-,5?,7-,10-/m1/s1. The molecule has 4 atom stereocenters. The predicted octanol–water partition coefficient (Wildman–Crippen LogP) is -1.90. The molecule has 0 amide bonds. The molecule has 0 spiro atoms. The van der Waals surface area contributed by atoms with E-state index in [1.54, 1.807) is 0 Å². The molecule has 1 saturated heterocycles. The molecule has 0 radical (unpaired) electrons. The first kappa shape index (κ1) is 16.2. The van der Waals surface area contributed by atoms with Crippen molar-refractivity contribution in [1.29, 1.82) is 0 Å². The second-order valence-corrected chi connectivity index (χ2v) is 6.24. The number of hydrogen-bond acceptors (Lipinski definition) is 9. The van der Waals surface area contributed by atoms with Crippen molar-refractivity contribution < 1.29 is 28.7 Å². The van der Waals surface area contributed by atoms with Crippen LogP contribution in [-0.4, -0.2) is 59.3 Å². The van der Waals surface area contributed by atoms with E-state index in [-0.39, 0.29) is 5.82 Å². The highest BCUT2D eigenvalue weighted by atomic mass is 31.2. The number of imidazole rings is 1. The molecule has 1 aliphatic rings. The molecule has 0 bridgehead atoms. The molecule has 0 aromatic carbocycles. The van der Waals surface area contributed by atoms with Gasteiger partial charge in [-0.05, 0) is 0 Å². The molecular formula is C10H15N6O6P. The fraction of sp³-hybridized carbons (Fsp3) is 0.500. The average Bonchev–Trinajstić information content (AvgIpc) is 3.01. The van der Waals surface area contributed by atoms with Crippen LogP contribution in [-0.2, 0) is 13.8 Å². The summed E-state index contributed by atoms with van der Waals surface area (Å²) >= 11 is 0. The zero-order valence-electron chi connectivity index (χ0n) is 11.6. The fourth-order valence-corrected chi connectivity index (χ4v) is 2.71. The topological polar surface area (TPSA) is 192 Å². The van der Waals surface area contributed by atoms with E-state index in [4.69, 9.17) is 26.0 Å². The van der Waals surface area contributed by atoms with Crippen molar-refractivity contribution >= 4 is 24.8 Å². The summed E-state index contributed by atoms with van der Waals surface area (Å²) in [6.45, 7) is -0.469. The smallest absolute Gasteiger partial charge is 0.387 e. The summed E-state index contributed by atoms with van der Waals surface area (Å²) in [6.07, 6.45) is -0.420. The molecule has 126 valence electrons. The Morgan fingerprint density at radius 2 is 2.13 bits per heavy atom. The highest BCUT2D eigenvalue weighted by Crippen LogP contribution is 2.38. The minimum atomic E-state index is -4.66. The van der Waals surface area contributed by atoms with Crippen molar-refractivity contribution in [2.75, 3.05) is 12.3 Å². The zero-order valence-corrected chi connectivity index (χ0v) is 12.5. The molecule has 1 unspecified atom stereocenters. The molecule has 13 heteroatoms. The number of ether oxygens (including phenoxy) is 1. The van der Waals surface area contributed by atoms with Crippen molar-refractivity contribution in [2.24, 2.45) is 5.73 Å². The van der Waals surface area contributed by atoms with Crippen LogP contribution in [0.5, 0.6) is 0 Å². The van der Waals surface area contributed by atoms with Crippen molar-refractivity contribution in [3.8, 4) is 0 Å². The lowest BCUT2D eigenvalue weighted by molar-refractivity contribution is -0.0483. The van der Waals surface area contributed by atoms with Crippen LogP contribution in [0.4, 0.5) is 5.82 Å². The third kappa shape index (κ3) is 3.05. The van der Waals surface area contributed by atoms with Crippen LogP contribution in [0.2, 0.25) is 0 Å². The van der Waals surface area contributed by atoms with E-state index in [9.17, 15) is 9.67 Å². The molecule has 3 heterocycles. The van der Waals surface area contributed by atoms with Gasteiger partial charge < -0.3 is 31.1 Å². The van der Waals surface area contributed by atoms with E-state index < -0.39 is 38.9 Å². The number of phosphoric ester groups is 1. The Labute approximate surface area is 129 Å². The number of aliphatic hydroxyl groups is 1. The van der Waals surface area contributed by atoms with E-state index in [1.165, 1.54) is 17.2 Å². The molecule has 7 N–H and O–H groups in total. The predicted molar refractivity (Wildman–Crippen MR) is 75.6 cm³/mol. The van der Waals surface area contributed by atoms with Crippen molar-refractivity contribution in [3.63, 3.8) is 0 Å². The number of phosphoric acid groups is 1. The molecular weight excluding hydrogens is 331 g/mol. The summed E-state index contributed by atoms with van der Waals surface area (Å²) in [7, 11) is -4.66. The number of fused-ring (bicyclic) bond motifs is 1. The van der Waals surface area contributed by atoms with Crippen molar-refractivity contribution in [1.82, 2.24) is 19.5 Å². The van der Waals surface area contributed by atoms with Gasteiger partial charge in [0.15, 0.2) is 17.7 Å². The van der Waals surface area contributed by atoms with E-state index in [0.717, 1.165) is 0 Å². The quantitative estimate of drug-likeness (QED) is 0.388. The number of hydrogen-bond donors (Lipinski definition) is 5. The van der Waals surface area contributed by atoms with Crippen LogP contribution in [0.3, 0.4) is 0 Å². The van der Waals surface area contributed by atoms with Gasteiger partial charge in [-0.15, -0.1) is 0 Å². The fourth-order valence-electron chi connectivity index (χ4n) is 2.37. The van der Waals surface area contributed by atoms with Gasteiger partial charge >= 0.3 is 7.82 Å². The van der Waals surface area contributed by atoms with E-state index >= 15 is 0 Å². The van der Waals surface area contributed by atoms with Crippen LogP contribution in [0.15, 0.2) is 12.7 Å². The van der Waals surface area contributed by atoms with Crippen LogP contribution in [0.25, 0.3) is 11.2 Å². The first-order chi connectivity index (χ1) is 10.8. The second-order valence-electron chi connectivity index (χ2n) is 5.00. The van der Waals surface area contributed by atoms with Gasteiger partial charge in [-0.3, -0.25) is 9.09 Å². The Balaban J connectivity index is 1.85. The summed E-state index contributed by atoms with van der Waals surface area (Å²) in [5, 5.41) is 10.2. The van der Waals surface area contributed by atoms with Gasteiger partial charge in [0.05, 0.1) is 19.0 Å². The van der Waals surface area contributed by atoms with Crippen molar-refractivity contribution in [3.05, 3.63) is 12.7 Å². The van der Waals surface area contributed by atoms with Gasteiger partial charge in [-0.2, -0.15) is 0 Å². The summed E-state index contributed by atoms with van der Waals surface area (Å²) in [4.78, 5) is 29.4. The number of nitrogens with two attached hydrogens (primary N) is 2. The van der Waals surface area contributed by atoms with E-state index in [1.807, 2.05) is 0 Å². The summed E-state index contributed by atoms with van der Waals surface area (Å²) in [5.41, 5.74) is 12.2. The third-order valence-corrected chi connectivity index (χ3v) is 3.98. The molecule has 0 aliphatic carbocycles. The van der Waals surface area contributed by atoms with Gasteiger partial charge in [0, 0.05) is 0 Å². The highest BCUT2D eigenvalue weighted by molar-refractivity contribution is 7.46. The zero-order chi connectivity index (χ0) is 16.8. The molecule has 1 aliphatic heterocycles. The molecule has 23 heavy (non-hydrogen) atoms. The number of anilines is 1. The highest BCUT2D eigenvalue weighted by Gasteiger charge is 2.44. The Morgan fingerprint density at radius 1 is 1.39 bits per heavy atom. The van der Waals surface area contributed by atoms with Crippen LogP contribution >= 0.6 is 7.82 Å². The molecule has 12 nitrogen and oxygen atoms in total. The minimum Gasteiger partial charge on any atom is -0.387 e. The average molecular weight is 346 g/mol. The number of aliphatic hydroxyl groups excluding tert-OH is 1. The molecule has 2 aromatic heterocycles. The van der Waals surface area contributed by atoms with Crippen LogP contribution in [0, 0.1) is 0 Å². The summed E-state index contributed by atoms with van der Waals surface area (Å²) in [5.74, 6) is 0.173. The Kier molecular flexibility index (Phi) is 4.06. The number of nitrogens with zero attached hydrogens (tertiary/aromatic N) is 4. The Hall–Kier alpha value is -1.66. The molecule has 2 aromatic rings. The third-order valence-electron chi connectivity index (χ3n) is 3.50. The van der Waals surface area contributed by atoms with Gasteiger partial charge in [-0.25, -0.2) is 19.5 Å². The first-order valence-corrected chi connectivity index (χ1v) is 8.03. The molecule has 3 rings (SSSR count). The number of aromatic nitrogens is 4. The Bertz CT molecular complexity index is 763. The van der Waals surface area contributed by atoms with Gasteiger partial charge in [0.25, 0.3) is 0 Å². The van der Waals surface area contributed by atoms with Crippen LogP contribution in [0.1, 0.15) is 6.23 Å². The van der Waals surface area contributed by atoms with Gasteiger partial charge in [0.2, 0.25) is 0 Å². The SMILES string of the molecule is Nc1ncnc2c1ncn2[C@@H]1O[C@H](COP(=O)(O)O)C(N)[C@H]1O.